The first-order valence-corrected chi connectivity index (χ1v) is 5.02. The fourth-order valence-electron chi connectivity index (χ4n) is 1.00. The van der Waals surface area contributed by atoms with Crippen LogP contribution in [0.1, 0.15) is 19.5 Å². The van der Waals surface area contributed by atoms with Crippen molar-refractivity contribution in [2.45, 2.75) is 20.3 Å². The largest absolute Gasteiger partial charge is 0.368 e. The van der Waals surface area contributed by atoms with Gasteiger partial charge in [-0.05, 0) is 31.0 Å². The maximum atomic E-state index is 5.51. The lowest BCUT2D eigenvalue weighted by Gasteiger charge is -2.09. The van der Waals surface area contributed by atoms with E-state index in [1.165, 1.54) is 0 Å². The summed E-state index contributed by atoms with van der Waals surface area (Å²) in [7, 11) is 0. The monoisotopic (exact) mass is 194 g/mol. The number of rotatable bonds is 5. The first-order chi connectivity index (χ1) is 6.76. The smallest absolute Gasteiger partial charge is 0.148 e. The van der Waals surface area contributed by atoms with Gasteiger partial charge in [-0.25, -0.2) is 0 Å². The average molecular weight is 194 g/mol. The molecule has 3 N–H and O–H groups in total. The molecule has 0 aliphatic rings. The van der Waals surface area contributed by atoms with E-state index in [0.29, 0.717) is 12.5 Å². The number of aryl methyl sites for hydroxylation is 1. The molecular formula is C10H18N4. The molecule has 0 fully saturated rings. The van der Waals surface area contributed by atoms with Crippen LogP contribution in [0.2, 0.25) is 0 Å². The van der Waals surface area contributed by atoms with E-state index in [-0.39, 0.29) is 0 Å². The zero-order chi connectivity index (χ0) is 10.4. The highest BCUT2D eigenvalue weighted by Gasteiger charge is 1.99. The Kier molecular flexibility index (Phi) is 4.32. The highest BCUT2D eigenvalue weighted by molar-refractivity contribution is 5.32. The summed E-state index contributed by atoms with van der Waals surface area (Å²) in [5.41, 5.74) is 6.52. The molecule has 1 atom stereocenters. The molecule has 0 spiro atoms. The molecule has 0 saturated heterocycles. The molecule has 0 aliphatic carbocycles. The van der Waals surface area contributed by atoms with Gasteiger partial charge in [0.25, 0.3) is 0 Å². The predicted octanol–water partition coefficient (Wildman–Crippen LogP) is 1.05. The highest BCUT2D eigenvalue weighted by Crippen LogP contribution is 2.03. The Morgan fingerprint density at radius 1 is 1.43 bits per heavy atom. The van der Waals surface area contributed by atoms with Gasteiger partial charge in [0.15, 0.2) is 0 Å². The Morgan fingerprint density at radius 2 is 2.21 bits per heavy atom. The minimum atomic E-state index is 0.461. The Hall–Kier alpha value is -1.16. The second kappa shape index (κ2) is 5.54. The molecule has 14 heavy (non-hydrogen) atoms. The van der Waals surface area contributed by atoms with Gasteiger partial charge in [0.1, 0.15) is 5.82 Å². The van der Waals surface area contributed by atoms with Crippen LogP contribution in [0, 0.1) is 5.92 Å². The van der Waals surface area contributed by atoms with Gasteiger partial charge in [-0.3, -0.25) is 0 Å². The third-order valence-corrected chi connectivity index (χ3v) is 2.12. The van der Waals surface area contributed by atoms with E-state index in [2.05, 4.69) is 29.4 Å². The number of nitrogens with two attached hydrogens (primary N) is 1. The predicted molar refractivity (Wildman–Crippen MR) is 58.1 cm³/mol. The quantitative estimate of drug-likeness (QED) is 0.735. The normalized spacial score (nSPS) is 12.5. The second-order valence-corrected chi connectivity index (χ2v) is 3.49. The molecule has 1 rings (SSSR count). The number of hydrogen-bond acceptors (Lipinski definition) is 4. The van der Waals surface area contributed by atoms with Crippen LogP contribution in [-0.2, 0) is 6.42 Å². The fraction of sp³-hybridized carbons (Fsp3) is 0.600. The summed E-state index contributed by atoms with van der Waals surface area (Å²) in [6.07, 6.45) is 0.923. The molecule has 0 bridgehead atoms. The number of aromatic nitrogens is 2. The van der Waals surface area contributed by atoms with E-state index in [4.69, 9.17) is 5.73 Å². The third-order valence-electron chi connectivity index (χ3n) is 2.12. The Balaban J connectivity index is 2.43. The van der Waals surface area contributed by atoms with Gasteiger partial charge in [-0.2, -0.15) is 5.10 Å². The van der Waals surface area contributed by atoms with Crippen LogP contribution in [0.4, 0.5) is 5.82 Å². The van der Waals surface area contributed by atoms with E-state index < -0.39 is 0 Å². The fourth-order valence-corrected chi connectivity index (χ4v) is 1.00. The van der Waals surface area contributed by atoms with Crippen LogP contribution in [0.5, 0.6) is 0 Å². The zero-order valence-electron chi connectivity index (χ0n) is 8.83. The van der Waals surface area contributed by atoms with E-state index >= 15 is 0 Å². The standard InChI is InChI=1S/C10H18N4/c1-3-9-4-5-10(14-13-9)12-7-8(2)6-11/h4-5,8H,3,6-7,11H2,1-2H3,(H,12,14). The summed E-state index contributed by atoms with van der Waals surface area (Å²) in [4.78, 5) is 0. The molecule has 0 saturated carbocycles. The minimum Gasteiger partial charge on any atom is -0.368 e. The van der Waals surface area contributed by atoms with Crippen LogP contribution < -0.4 is 11.1 Å². The van der Waals surface area contributed by atoms with Crippen molar-refractivity contribution in [3.63, 3.8) is 0 Å². The summed E-state index contributed by atoms with van der Waals surface area (Å²) in [6.45, 7) is 5.69. The van der Waals surface area contributed by atoms with E-state index in [1.54, 1.807) is 0 Å². The van der Waals surface area contributed by atoms with Gasteiger partial charge in [0.05, 0.1) is 5.69 Å². The maximum Gasteiger partial charge on any atom is 0.148 e. The third kappa shape index (κ3) is 3.30. The molecule has 1 aromatic rings. The first kappa shape index (κ1) is 10.9. The minimum absolute atomic E-state index is 0.461. The molecule has 4 nitrogen and oxygen atoms in total. The van der Waals surface area contributed by atoms with Gasteiger partial charge >= 0.3 is 0 Å². The maximum absolute atomic E-state index is 5.51. The van der Waals surface area contributed by atoms with Crippen molar-refractivity contribution in [2.75, 3.05) is 18.4 Å². The highest BCUT2D eigenvalue weighted by atomic mass is 15.2. The summed E-state index contributed by atoms with van der Waals surface area (Å²) in [6, 6.07) is 3.94. The van der Waals surface area contributed by atoms with E-state index in [9.17, 15) is 0 Å². The van der Waals surface area contributed by atoms with Gasteiger partial charge in [0, 0.05) is 6.54 Å². The molecule has 4 heteroatoms. The van der Waals surface area contributed by atoms with Crippen LogP contribution in [-0.4, -0.2) is 23.3 Å². The average Bonchev–Trinajstić information content (AvgIpc) is 2.26. The molecule has 0 aromatic carbocycles. The summed E-state index contributed by atoms with van der Waals surface area (Å²) < 4.78 is 0. The molecule has 0 amide bonds. The topological polar surface area (TPSA) is 63.8 Å². The van der Waals surface area contributed by atoms with Gasteiger partial charge in [0.2, 0.25) is 0 Å². The summed E-state index contributed by atoms with van der Waals surface area (Å²) >= 11 is 0. The molecule has 1 unspecified atom stereocenters. The first-order valence-electron chi connectivity index (χ1n) is 5.02. The zero-order valence-corrected chi connectivity index (χ0v) is 8.83. The van der Waals surface area contributed by atoms with Crippen LogP contribution in [0.25, 0.3) is 0 Å². The molecule has 78 valence electrons. The van der Waals surface area contributed by atoms with Crippen molar-refractivity contribution in [3.8, 4) is 0 Å². The lowest BCUT2D eigenvalue weighted by Crippen LogP contribution is -2.20. The van der Waals surface area contributed by atoms with Crippen molar-refractivity contribution in [1.29, 1.82) is 0 Å². The molecule has 1 heterocycles. The van der Waals surface area contributed by atoms with Crippen LogP contribution >= 0.6 is 0 Å². The SMILES string of the molecule is CCc1ccc(NCC(C)CN)nn1. The number of anilines is 1. The number of nitrogens with zero attached hydrogens (tertiary/aromatic N) is 2. The van der Waals surface area contributed by atoms with Crippen LogP contribution in [0.15, 0.2) is 12.1 Å². The van der Waals surface area contributed by atoms with Gasteiger partial charge < -0.3 is 11.1 Å². The van der Waals surface area contributed by atoms with Gasteiger partial charge in [-0.1, -0.05) is 13.8 Å². The van der Waals surface area contributed by atoms with E-state index in [1.807, 2.05) is 12.1 Å². The van der Waals surface area contributed by atoms with Crippen molar-refractivity contribution < 1.29 is 0 Å². The molecular weight excluding hydrogens is 176 g/mol. The molecule has 1 aromatic heterocycles. The Labute approximate surface area is 84.9 Å². The number of nitrogens with one attached hydrogen (secondary N) is 1. The van der Waals surface area contributed by atoms with Crippen molar-refractivity contribution in [2.24, 2.45) is 11.7 Å². The Morgan fingerprint density at radius 3 is 2.71 bits per heavy atom. The number of hydrogen-bond donors (Lipinski definition) is 2. The Bertz CT molecular complexity index is 257. The van der Waals surface area contributed by atoms with Gasteiger partial charge in [-0.15, -0.1) is 5.10 Å². The summed E-state index contributed by atoms with van der Waals surface area (Å²) in [5.74, 6) is 1.28. The lowest BCUT2D eigenvalue weighted by atomic mass is 10.2. The van der Waals surface area contributed by atoms with Crippen molar-refractivity contribution >= 4 is 5.82 Å². The lowest BCUT2D eigenvalue weighted by molar-refractivity contribution is 0.626. The van der Waals surface area contributed by atoms with Crippen molar-refractivity contribution in [3.05, 3.63) is 17.8 Å². The van der Waals surface area contributed by atoms with Crippen molar-refractivity contribution in [1.82, 2.24) is 10.2 Å². The summed E-state index contributed by atoms with van der Waals surface area (Å²) in [5, 5.41) is 11.3. The molecule has 0 aliphatic heterocycles. The van der Waals surface area contributed by atoms with Crippen LogP contribution in [0.3, 0.4) is 0 Å². The molecule has 0 radical (unpaired) electrons. The van der Waals surface area contributed by atoms with E-state index in [0.717, 1.165) is 24.5 Å². The second-order valence-electron chi connectivity index (χ2n) is 3.49.